The molecule has 1 aliphatic carbocycles. The van der Waals surface area contributed by atoms with Crippen molar-refractivity contribution in [3.05, 3.63) is 50.8 Å². The number of pyridine rings is 2. The molecule has 3 atom stereocenters. The fraction of sp³-hybridized carbons (Fsp3) is 0.462. The standard InChI is InChI=1S/C26H30ClN7O3S/c1-33(2)26(37)14-4-5-17(30-23(35)21-10-19-15(11-28-21)8-16(27)12-29-19)20(9-14)31-24(36)25-32-18-6-7-34(3)13-22(18)38-25/h8,10-12,14,17,20H,4-7,9,13H2,1-3H3,(H,30,35)(H,31,36)/t14-,17-,20+/m0/s1. The molecule has 3 aromatic rings. The lowest BCUT2D eigenvalue weighted by Gasteiger charge is -2.37. The van der Waals surface area contributed by atoms with Gasteiger partial charge in [0, 0.05) is 68.2 Å². The average molecular weight is 556 g/mol. The lowest BCUT2D eigenvalue weighted by molar-refractivity contribution is -0.134. The molecule has 1 saturated carbocycles. The number of rotatable bonds is 5. The molecule has 1 fully saturated rings. The molecule has 5 rings (SSSR count). The fourth-order valence-corrected chi connectivity index (χ4v) is 6.36. The summed E-state index contributed by atoms with van der Waals surface area (Å²) in [6.45, 7) is 1.69. The van der Waals surface area contributed by atoms with Crippen LogP contribution in [0.2, 0.25) is 5.02 Å². The van der Waals surface area contributed by atoms with Crippen molar-refractivity contribution in [1.82, 2.24) is 35.4 Å². The van der Waals surface area contributed by atoms with Gasteiger partial charge in [-0.05, 0) is 38.4 Å². The van der Waals surface area contributed by atoms with Crippen molar-refractivity contribution >= 4 is 51.6 Å². The van der Waals surface area contributed by atoms with Crippen molar-refractivity contribution in [1.29, 1.82) is 0 Å². The molecule has 12 heteroatoms. The van der Waals surface area contributed by atoms with E-state index in [-0.39, 0.29) is 35.4 Å². The van der Waals surface area contributed by atoms with Gasteiger partial charge >= 0.3 is 0 Å². The molecule has 2 aliphatic rings. The van der Waals surface area contributed by atoms with Crippen LogP contribution >= 0.6 is 22.9 Å². The van der Waals surface area contributed by atoms with Gasteiger partial charge in [0.25, 0.3) is 11.8 Å². The van der Waals surface area contributed by atoms with Crippen LogP contribution in [0.3, 0.4) is 0 Å². The van der Waals surface area contributed by atoms with Crippen LogP contribution in [0.1, 0.15) is 50.1 Å². The first-order chi connectivity index (χ1) is 18.2. The van der Waals surface area contributed by atoms with E-state index >= 15 is 0 Å². The van der Waals surface area contributed by atoms with Crippen LogP contribution < -0.4 is 10.6 Å². The van der Waals surface area contributed by atoms with E-state index in [1.807, 2.05) is 0 Å². The van der Waals surface area contributed by atoms with E-state index in [9.17, 15) is 14.4 Å². The zero-order valence-corrected chi connectivity index (χ0v) is 23.1. The van der Waals surface area contributed by atoms with E-state index in [4.69, 9.17) is 11.6 Å². The van der Waals surface area contributed by atoms with E-state index in [2.05, 4.69) is 37.5 Å². The van der Waals surface area contributed by atoms with Gasteiger partial charge in [0.1, 0.15) is 5.69 Å². The summed E-state index contributed by atoms with van der Waals surface area (Å²) in [5, 5.41) is 7.77. The SMILES string of the molecule is CN1CCc2nc(C(=O)N[C@@H]3C[C@@H](C(=O)N(C)C)CC[C@@H]3NC(=O)c3cc4ncc(Cl)cc4cn3)sc2C1. The van der Waals surface area contributed by atoms with Crippen molar-refractivity contribution in [2.45, 2.75) is 44.3 Å². The van der Waals surface area contributed by atoms with Crippen LogP contribution in [-0.2, 0) is 17.8 Å². The highest BCUT2D eigenvalue weighted by molar-refractivity contribution is 7.13. The summed E-state index contributed by atoms with van der Waals surface area (Å²) in [5.41, 5.74) is 1.81. The lowest BCUT2D eigenvalue weighted by atomic mass is 9.81. The Labute approximate surface area is 229 Å². The first kappa shape index (κ1) is 26.5. The summed E-state index contributed by atoms with van der Waals surface area (Å²) in [6.07, 6.45) is 5.48. The summed E-state index contributed by atoms with van der Waals surface area (Å²) < 4.78 is 0. The molecule has 0 aromatic carbocycles. The minimum absolute atomic E-state index is 0.0164. The van der Waals surface area contributed by atoms with Gasteiger partial charge in [0.15, 0.2) is 5.01 Å². The van der Waals surface area contributed by atoms with Crippen LogP contribution in [0.25, 0.3) is 10.9 Å². The lowest BCUT2D eigenvalue weighted by Crippen LogP contribution is -2.56. The Morgan fingerprint density at radius 3 is 2.66 bits per heavy atom. The number of hydrogen-bond acceptors (Lipinski definition) is 8. The van der Waals surface area contributed by atoms with Gasteiger partial charge in [-0.25, -0.2) is 4.98 Å². The van der Waals surface area contributed by atoms with Crippen molar-refractivity contribution in [3.8, 4) is 0 Å². The van der Waals surface area contributed by atoms with Gasteiger partial charge in [0.2, 0.25) is 5.91 Å². The molecule has 4 heterocycles. The molecule has 0 spiro atoms. The van der Waals surface area contributed by atoms with Crippen molar-refractivity contribution in [3.63, 3.8) is 0 Å². The molecule has 1 aliphatic heterocycles. The normalized spacial score (nSPS) is 21.5. The maximum Gasteiger partial charge on any atom is 0.280 e. The Morgan fingerprint density at radius 2 is 1.87 bits per heavy atom. The fourth-order valence-electron chi connectivity index (χ4n) is 5.10. The van der Waals surface area contributed by atoms with Gasteiger partial charge < -0.3 is 20.4 Å². The number of nitrogens with zero attached hydrogens (tertiary/aromatic N) is 5. The van der Waals surface area contributed by atoms with Crippen LogP contribution in [0.4, 0.5) is 0 Å². The Hall–Kier alpha value is -3.15. The molecule has 0 saturated heterocycles. The van der Waals surface area contributed by atoms with E-state index in [0.29, 0.717) is 34.8 Å². The molecule has 0 radical (unpaired) electrons. The van der Waals surface area contributed by atoms with Crippen LogP contribution in [0, 0.1) is 5.92 Å². The predicted molar refractivity (Wildman–Crippen MR) is 145 cm³/mol. The molecule has 10 nitrogen and oxygen atoms in total. The van der Waals surface area contributed by atoms with Crippen LogP contribution in [0.5, 0.6) is 0 Å². The van der Waals surface area contributed by atoms with E-state index in [1.165, 1.54) is 17.5 Å². The Balaban J connectivity index is 1.34. The second-order valence-electron chi connectivity index (χ2n) is 10.2. The number of fused-ring (bicyclic) bond motifs is 2. The van der Waals surface area contributed by atoms with E-state index < -0.39 is 6.04 Å². The number of halogens is 1. The van der Waals surface area contributed by atoms with Gasteiger partial charge in [-0.2, -0.15) is 0 Å². The number of aromatic nitrogens is 3. The average Bonchev–Trinajstić information content (AvgIpc) is 3.32. The van der Waals surface area contributed by atoms with Crippen molar-refractivity contribution in [2.75, 3.05) is 27.7 Å². The Bertz CT molecular complexity index is 1390. The minimum Gasteiger partial charge on any atom is -0.349 e. The Morgan fingerprint density at radius 1 is 1.08 bits per heavy atom. The number of likely N-dealkylation sites (N-methyl/N-ethyl adjacent to an activating group) is 1. The predicted octanol–water partition coefficient (Wildman–Crippen LogP) is 2.51. The Kier molecular flexibility index (Phi) is 7.60. The third-order valence-electron chi connectivity index (χ3n) is 7.15. The maximum absolute atomic E-state index is 13.3. The van der Waals surface area contributed by atoms with Gasteiger partial charge in [-0.3, -0.25) is 24.4 Å². The van der Waals surface area contributed by atoms with Gasteiger partial charge in [-0.1, -0.05) is 11.6 Å². The first-order valence-corrected chi connectivity index (χ1v) is 13.8. The molecular weight excluding hydrogens is 526 g/mol. The molecule has 0 bridgehead atoms. The van der Waals surface area contributed by atoms with E-state index in [0.717, 1.165) is 35.5 Å². The molecule has 0 unspecified atom stereocenters. The summed E-state index contributed by atoms with van der Waals surface area (Å²) in [6, 6.07) is 2.55. The molecule has 200 valence electrons. The van der Waals surface area contributed by atoms with Crippen LogP contribution in [0.15, 0.2) is 24.5 Å². The van der Waals surface area contributed by atoms with Gasteiger partial charge in [-0.15, -0.1) is 11.3 Å². The van der Waals surface area contributed by atoms with Crippen LogP contribution in [-0.4, -0.2) is 82.2 Å². The second-order valence-corrected chi connectivity index (χ2v) is 11.7. The number of hydrogen-bond donors (Lipinski definition) is 2. The molecule has 38 heavy (non-hydrogen) atoms. The highest BCUT2D eigenvalue weighted by Crippen LogP contribution is 2.28. The summed E-state index contributed by atoms with van der Waals surface area (Å²) in [7, 11) is 5.51. The molecule has 3 amide bonds. The van der Waals surface area contributed by atoms with Gasteiger partial charge in [0.05, 0.1) is 22.3 Å². The molecule has 2 N–H and O–H groups in total. The number of carbonyl (C=O) groups is 3. The number of amides is 3. The molecular formula is C26H30ClN7O3S. The zero-order valence-electron chi connectivity index (χ0n) is 21.5. The highest BCUT2D eigenvalue weighted by atomic mass is 35.5. The highest BCUT2D eigenvalue weighted by Gasteiger charge is 2.37. The molecule has 3 aromatic heterocycles. The third kappa shape index (κ3) is 5.64. The summed E-state index contributed by atoms with van der Waals surface area (Å²) in [5.74, 6) is -0.866. The minimum atomic E-state index is -0.435. The third-order valence-corrected chi connectivity index (χ3v) is 8.44. The topological polar surface area (TPSA) is 120 Å². The number of nitrogens with one attached hydrogen (secondary N) is 2. The zero-order chi connectivity index (χ0) is 27.0. The number of carbonyl (C=O) groups excluding carboxylic acids is 3. The smallest absolute Gasteiger partial charge is 0.280 e. The monoisotopic (exact) mass is 555 g/mol. The first-order valence-electron chi connectivity index (χ1n) is 12.6. The maximum atomic E-state index is 13.3. The summed E-state index contributed by atoms with van der Waals surface area (Å²) in [4.78, 5) is 57.3. The van der Waals surface area contributed by atoms with Crippen molar-refractivity contribution in [2.24, 2.45) is 5.92 Å². The van der Waals surface area contributed by atoms with E-state index in [1.54, 1.807) is 37.3 Å². The quantitative estimate of drug-likeness (QED) is 0.496. The van der Waals surface area contributed by atoms with Crippen molar-refractivity contribution < 1.29 is 14.4 Å². The largest absolute Gasteiger partial charge is 0.349 e. The summed E-state index contributed by atoms with van der Waals surface area (Å²) >= 11 is 7.41. The number of thiazole rings is 1. The second kappa shape index (κ2) is 10.9.